The molecule has 1 rings (SSSR count). The molecule has 0 spiro atoms. The summed E-state index contributed by atoms with van der Waals surface area (Å²) < 4.78 is 15.3. The molecule has 112 valence electrons. The van der Waals surface area contributed by atoms with Gasteiger partial charge in [0.25, 0.3) is 0 Å². The van der Waals surface area contributed by atoms with Gasteiger partial charge in [-0.05, 0) is 25.0 Å². The molecule has 1 aromatic rings. The lowest BCUT2D eigenvalue weighted by molar-refractivity contribution is -0.126. The maximum Gasteiger partial charge on any atom is 0.246 e. The van der Waals surface area contributed by atoms with Gasteiger partial charge in [0.15, 0.2) is 0 Å². The molecule has 0 aromatic heterocycles. The molecule has 1 amide bonds. The highest BCUT2D eigenvalue weighted by Gasteiger charge is 2.05. The molecule has 0 unspecified atom stereocenters. The number of hydrogen-bond acceptors (Lipinski definition) is 4. The van der Waals surface area contributed by atoms with Gasteiger partial charge in [-0.25, -0.2) is 0 Å². The van der Waals surface area contributed by atoms with Crippen molar-refractivity contribution >= 4 is 5.91 Å². The van der Waals surface area contributed by atoms with Crippen LogP contribution in [0.3, 0.4) is 0 Å². The highest BCUT2D eigenvalue weighted by molar-refractivity contribution is 5.77. The number of nitrogens with one attached hydrogen (secondary N) is 1. The number of methoxy groups -OCH3 is 2. The fourth-order valence-corrected chi connectivity index (χ4v) is 1.80. The molecule has 1 aromatic carbocycles. The number of rotatable bonds is 9. The van der Waals surface area contributed by atoms with Crippen molar-refractivity contribution in [2.75, 3.05) is 40.6 Å². The summed E-state index contributed by atoms with van der Waals surface area (Å²) in [6, 6.07) is 6.02. The van der Waals surface area contributed by atoms with E-state index < -0.39 is 0 Å². The lowest BCUT2D eigenvalue weighted by Gasteiger charge is -2.10. The second kappa shape index (κ2) is 9.34. The number of carbonyl (C=O) groups is 1. The van der Waals surface area contributed by atoms with Crippen molar-refractivity contribution in [2.45, 2.75) is 13.3 Å². The molecule has 20 heavy (non-hydrogen) atoms. The first-order chi connectivity index (χ1) is 9.67. The lowest BCUT2D eigenvalue weighted by Crippen LogP contribution is -2.30. The van der Waals surface area contributed by atoms with Crippen LogP contribution in [0.15, 0.2) is 18.2 Å². The number of aryl methyl sites for hydroxylation is 1. The average molecular weight is 281 g/mol. The van der Waals surface area contributed by atoms with Crippen molar-refractivity contribution < 1.29 is 19.0 Å². The van der Waals surface area contributed by atoms with Gasteiger partial charge in [0.2, 0.25) is 5.91 Å². The number of hydrogen-bond donors (Lipinski definition) is 1. The third kappa shape index (κ3) is 6.04. The molecule has 5 heteroatoms. The van der Waals surface area contributed by atoms with E-state index in [0.717, 1.165) is 17.7 Å². The lowest BCUT2D eigenvalue weighted by atomic mass is 10.1. The third-order valence-corrected chi connectivity index (χ3v) is 2.82. The zero-order valence-electron chi connectivity index (χ0n) is 12.4. The fraction of sp³-hybridized carbons (Fsp3) is 0.533. The Morgan fingerprint density at radius 3 is 2.75 bits per heavy atom. The molecule has 0 aliphatic carbocycles. The Morgan fingerprint density at radius 1 is 1.25 bits per heavy atom. The molecule has 0 fully saturated rings. The Kier molecular flexibility index (Phi) is 7.69. The van der Waals surface area contributed by atoms with Crippen molar-refractivity contribution in [1.82, 2.24) is 5.32 Å². The van der Waals surface area contributed by atoms with Crippen LogP contribution in [-0.2, 0) is 20.7 Å². The van der Waals surface area contributed by atoms with Gasteiger partial charge in [0, 0.05) is 13.7 Å². The Morgan fingerprint density at radius 2 is 2.05 bits per heavy atom. The molecule has 0 heterocycles. The molecule has 0 bridgehead atoms. The van der Waals surface area contributed by atoms with Crippen LogP contribution in [-0.4, -0.2) is 46.5 Å². The predicted molar refractivity (Wildman–Crippen MR) is 77.1 cm³/mol. The van der Waals surface area contributed by atoms with Crippen LogP contribution in [0.25, 0.3) is 0 Å². The first-order valence-electron chi connectivity index (χ1n) is 6.64. The van der Waals surface area contributed by atoms with Crippen molar-refractivity contribution in [1.29, 1.82) is 0 Å². The minimum absolute atomic E-state index is 0.0638. The molecule has 5 nitrogen and oxygen atoms in total. The van der Waals surface area contributed by atoms with Crippen molar-refractivity contribution in [3.63, 3.8) is 0 Å². The quantitative estimate of drug-likeness (QED) is 0.694. The minimum atomic E-state index is -0.118. The van der Waals surface area contributed by atoms with E-state index in [9.17, 15) is 4.79 Å². The predicted octanol–water partition coefficient (Wildman–Crippen LogP) is 1.33. The summed E-state index contributed by atoms with van der Waals surface area (Å²) in [6.45, 7) is 3.58. The van der Waals surface area contributed by atoms with Crippen molar-refractivity contribution in [3.8, 4) is 5.75 Å². The van der Waals surface area contributed by atoms with E-state index in [1.165, 1.54) is 5.56 Å². The van der Waals surface area contributed by atoms with Gasteiger partial charge in [0.05, 0.1) is 20.3 Å². The first kappa shape index (κ1) is 16.5. The molecular formula is C15H23NO4. The fourth-order valence-electron chi connectivity index (χ4n) is 1.80. The monoisotopic (exact) mass is 281 g/mol. The average Bonchev–Trinajstić information content (AvgIpc) is 2.44. The summed E-state index contributed by atoms with van der Waals surface area (Å²) in [5.74, 6) is 0.730. The van der Waals surface area contributed by atoms with E-state index in [4.69, 9.17) is 14.2 Å². The van der Waals surface area contributed by atoms with E-state index in [-0.39, 0.29) is 12.5 Å². The van der Waals surface area contributed by atoms with E-state index in [1.807, 2.05) is 19.1 Å². The normalized spacial score (nSPS) is 10.3. The summed E-state index contributed by atoms with van der Waals surface area (Å²) in [6.07, 6.45) is 0.731. The summed E-state index contributed by atoms with van der Waals surface area (Å²) in [5, 5.41) is 2.82. The van der Waals surface area contributed by atoms with Gasteiger partial charge in [-0.2, -0.15) is 0 Å². The van der Waals surface area contributed by atoms with Crippen molar-refractivity contribution in [2.24, 2.45) is 0 Å². The molecule has 1 N–H and O–H groups in total. The Bertz CT molecular complexity index is 420. The van der Waals surface area contributed by atoms with Gasteiger partial charge < -0.3 is 19.5 Å². The van der Waals surface area contributed by atoms with Crippen LogP contribution in [0.1, 0.15) is 11.1 Å². The summed E-state index contributed by atoms with van der Waals surface area (Å²) in [7, 11) is 3.25. The van der Waals surface area contributed by atoms with E-state index >= 15 is 0 Å². The van der Waals surface area contributed by atoms with Crippen LogP contribution in [0.2, 0.25) is 0 Å². The van der Waals surface area contributed by atoms with Crippen molar-refractivity contribution in [3.05, 3.63) is 29.3 Å². The number of benzene rings is 1. The molecule has 0 radical (unpaired) electrons. The highest BCUT2D eigenvalue weighted by atomic mass is 16.5. The van der Waals surface area contributed by atoms with Crippen LogP contribution in [0.4, 0.5) is 0 Å². The third-order valence-electron chi connectivity index (χ3n) is 2.82. The Balaban J connectivity index is 2.29. The Labute approximate surface area is 120 Å². The van der Waals surface area contributed by atoms with Crippen LogP contribution >= 0.6 is 0 Å². The van der Waals surface area contributed by atoms with E-state index in [2.05, 4.69) is 11.4 Å². The first-order valence-corrected chi connectivity index (χ1v) is 6.64. The van der Waals surface area contributed by atoms with E-state index in [0.29, 0.717) is 19.8 Å². The zero-order chi connectivity index (χ0) is 14.8. The second-order valence-electron chi connectivity index (χ2n) is 4.46. The topological polar surface area (TPSA) is 56.8 Å². The number of amides is 1. The zero-order valence-corrected chi connectivity index (χ0v) is 12.4. The second-order valence-corrected chi connectivity index (χ2v) is 4.46. The molecule has 0 aliphatic heterocycles. The summed E-state index contributed by atoms with van der Waals surface area (Å²) >= 11 is 0. The summed E-state index contributed by atoms with van der Waals surface area (Å²) in [5.41, 5.74) is 2.27. The molecule has 0 aliphatic rings. The maximum atomic E-state index is 11.5. The minimum Gasteiger partial charge on any atom is -0.496 e. The van der Waals surface area contributed by atoms with Crippen LogP contribution < -0.4 is 10.1 Å². The molecule has 0 atom stereocenters. The Hall–Kier alpha value is -1.59. The largest absolute Gasteiger partial charge is 0.496 e. The smallest absolute Gasteiger partial charge is 0.246 e. The number of ether oxygens (including phenoxy) is 3. The van der Waals surface area contributed by atoms with Gasteiger partial charge >= 0.3 is 0 Å². The molecule has 0 saturated carbocycles. The van der Waals surface area contributed by atoms with Gasteiger partial charge in [0.1, 0.15) is 12.4 Å². The molecular weight excluding hydrogens is 258 g/mol. The number of carbonyl (C=O) groups excluding carboxylic acids is 1. The summed E-state index contributed by atoms with van der Waals surface area (Å²) in [4.78, 5) is 11.5. The maximum absolute atomic E-state index is 11.5. The van der Waals surface area contributed by atoms with Gasteiger partial charge in [-0.1, -0.05) is 17.7 Å². The standard InChI is InChI=1S/C15H23NO4/c1-12-4-5-14(19-3)13(10-12)6-7-16-15(17)11-20-9-8-18-2/h4-5,10H,6-9,11H2,1-3H3,(H,16,17). The highest BCUT2D eigenvalue weighted by Crippen LogP contribution is 2.19. The van der Waals surface area contributed by atoms with Gasteiger partial charge in [-0.15, -0.1) is 0 Å². The van der Waals surface area contributed by atoms with E-state index in [1.54, 1.807) is 14.2 Å². The van der Waals surface area contributed by atoms with Gasteiger partial charge in [-0.3, -0.25) is 4.79 Å². The van der Waals surface area contributed by atoms with Crippen LogP contribution in [0, 0.1) is 6.92 Å². The SMILES string of the molecule is COCCOCC(=O)NCCc1cc(C)ccc1OC. The molecule has 0 saturated heterocycles. The van der Waals surface area contributed by atoms with Crippen LogP contribution in [0.5, 0.6) is 5.75 Å².